The summed E-state index contributed by atoms with van der Waals surface area (Å²) in [5.41, 5.74) is 2.03. The van der Waals surface area contributed by atoms with Gasteiger partial charge in [0.15, 0.2) is 0 Å². The Morgan fingerprint density at radius 3 is 2.94 bits per heavy atom. The Balaban J connectivity index is 1.78. The van der Waals surface area contributed by atoms with Gasteiger partial charge in [0, 0.05) is 24.0 Å². The minimum atomic E-state index is 0.241. The first-order chi connectivity index (χ1) is 8.77. The van der Waals surface area contributed by atoms with E-state index in [-0.39, 0.29) is 5.91 Å². The van der Waals surface area contributed by atoms with Crippen molar-refractivity contribution in [3.63, 3.8) is 0 Å². The largest absolute Gasteiger partial charge is 0.334 e. The van der Waals surface area contributed by atoms with E-state index in [9.17, 15) is 4.79 Å². The molecule has 2 unspecified atom stereocenters. The predicted molar refractivity (Wildman–Crippen MR) is 74.1 cm³/mol. The van der Waals surface area contributed by atoms with E-state index in [1.807, 2.05) is 12.3 Å². The van der Waals surface area contributed by atoms with E-state index in [0.29, 0.717) is 12.1 Å². The maximum atomic E-state index is 12.6. The third-order valence-electron chi connectivity index (χ3n) is 4.21. The highest BCUT2D eigenvalue weighted by atomic mass is 32.1. The molecule has 3 nitrogen and oxygen atoms in total. The van der Waals surface area contributed by atoms with E-state index < -0.39 is 0 Å². The second kappa shape index (κ2) is 5.02. The summed E-state index contributed by atoms with van der Waals surface area (Å²) in [5.74, 6) is 0.241. The third-order valence-corrected chi connectivity index (χ3v) is 5.07. The Kier molecular flexibility index (Phi) is 3.39. The molecule has 2 fully saturated rings. The summed E-state index contributed by atoms with van der Waals surface area (Å²) in [4.78, 5) is 14.7. The molecule has 2 aliphatic rings. The number of hydrogen-bond acceptors (Lipinski definition) is 3. The molecule has 0 spiro atoms. The van der Waals surface area contributed by atoms with E-state index in [1.54, 1.807) is 11.3 Å². The van der Waals surface area contributed by atoms with Gasteiger partial charge in [-0.05, 0) is 50.1 Å². The monoisotopic (exact) mass is 264 g/mol. The van der Waals surface area contributed by atoms with Gasteiger partial charge in [0.2, 0.25) is 0 Å². The molecule has 2 saturated heterocycles. The fourth-order valence-electron chi connectivity index (χ4n) is 3.24. The molecule has 3 heterocycles. The predicted octanol–water partition coefficient (Wildman–Crippen LogP) is 2.41. The average molecular weight is 264 g/mol. The maximum absolute atomic E-state index is 12.6. The van der Waals surface area contributed by atoms with Gasteiger partial charge in [-0.2, -0.15) is 11.3 Å². The normalized spacial score (nSPS) is 27.9. The molecular formula is C14H20N2OS. The quantitative estimate of drug-likeness (QED) is 0.889. The number of carbonyl (C=O) groups excluding carboxylic acids is 1. The molecule has 4 heteroatoms. The smallest absolute Gasteiger partial charge is 0.255 e. The van der Waals surface area contributed by atoms with Crippen LogP contribution in [0.1, 0.15) is 41.6 Å². The first-order valence-electron chi connectivity index (χ1n) is 6.84. The number of nitrogens with zero attached hydrogens (tertiary/aromatic N) is 1. The van der Waals surface area contributed by atoms with Crippen molar-refractivity contribution in [3.8, 4) is 0 Å². The number of nitrogens with one attached hydrogen (secondary N) is 1. The molecule has 0 aromatic carbocycles. The second-order valence-electron chi connectivity index (χ2n) is 5.38. The van der Waals surface area contributed by atoms with Gasteiger partial charge in [-0.1, -0.05) is 0 Å². The Hall–Kier alpha value is -0.870. The highest BCUT2D eigenvalue weighted by Crippen LogP contribution is 2.27. The van der Waals surface area contributed by atoms with Gasteiger partial charge in [-0.3, -0.25) is 4.79 Å². The number of amides is 1. The van der Waals surface area contributed by atoms with Crippen molar-refractivity contribution in [2.45, 2.75) is 44.7 Å². The summed E-state index contributed by atoms with van der Waals surface area (Å²) in [5, 5.41) is 7.61. The topological polar surface area (TPSA) is 32.3 Å². The molecule has 3 rings (SSSR count). The van der Waals surface area contributed by atoms with E-state index in [4.69, 9.17) is 0 Å². The molecule has 2 atom stereocenters. The van der Waals surface area contributed by atoms with Crippen LogP contribution in [0, 0.1) is 6.92 Å². The Morgan fingerprint density at radius 1 is 1.39 bits per heavy atom. The lowest BCUT2D eigenvalue weighted by Crippen LogP contribution is -2.46. The lowest BCUT2D eigenvalue weighted by atomic mass is 10.0. The van der Waals surface area contributed by atoms with Gasteiger partial charge in [0.05, 0.1) is 5.56 Å². The van der Waals surface area contributed by atoms with E-state index >= 15 is 0 Å². The number of hydrogen-bond donors (Lipinski definition) is 1. The van der Waals surface area contributed by atoms with Gasteiger partial charge < -0.3 is 10.2 Å². The van der Waals surface area contributed by atoms with Crippen LogP contribution in [-0.4, -0.2) is 36.0 Å². The molecular weight excluding hydrogens is 244 g/mol. The number of rotatable bonds is 2. The number of thiophene rings is 1. The molecule has 0 aliphatic carbocycles. The summed E-state index contributed by atoms with van der Waals surface area (Å²) in [6.07, 6.45) is 4.78. The van der Waals surface area contributed by atoms with Crippen molar-refractivity contribution in [2.75, 3.05) is 13.1 Å². The van der Waals surface area contributed by atoms with Crippen LogP contribution in [0.5, 0.6) is 0 Å². The Bertz CT molecular complexity index is 437. The van der Waals surface area contributed by atoms with Gasteiger partial charge in [-0.15, -0.1) is 0 Å². The molecule has 98 valence electrons. The van der Waals surface area contributed by atoms with E-state index in [2.05, 4.69) is 15.6 Å². The molecule has 1 amide bonds. The summed E-state index contributed by atoms with van der Waals surface area (Å²) < 4.78 is 0. The van der Waals surface area contributed by atoms with Crippen molar-refractivity contribution < 1.29 is 4.79 Å². The lowest BCUT2D eigenvalue weighted by molar-refractivity contribution is 0.0711. The maximum Gasteiger partial charge on any atom is 0.255 e. The highest BCUT2D eigenvalue weighted by molar-refractivity contribution is 7.08. The van der Waals surface area contributed by atoms with Crippen molar-refractivity contribution in [3.05, 3.63) is 21.9 Å². The standard InChI is InChI=1S/C14H20N2OS/c1-10-8-18-9-11(10)14(17)16-7-3-5-13(16)12-4-2-6-15-12/h8-9,12-13,15H,2-7H2,1H3. The van der Waals surface area contributed by atoms with Crippen LogP contribution in [0.3, 0.4) is 0 Å². The van der Waals surface area contributed by atoms with Crippen molar-refractivity contribution in [1.82, 2.24) is 10.2 Å². The third kappa shape index (κ3) is 2.08. The van der Waals surface area contributed by atoms with Crippen molar-refractivity contribution >= 4 is 17.2 Å². The van der Waals surface area contributed by atoms with Gasteiger partial charge in [0.25, 0.3) is 5.91 Å². The number of likely N-dealkylation sites (tertiary alicyclic amines) is 1. The zero-order chi connectivity index (χ0) is 12.5. The zero-order valence-electron chi connectivity index (χ0n) is 10.8. The highest BCUT2D eigenvalue weighted by Gasteiger charge is 2.36. The van der Waals surface area contributed by atoms with E-state index in [0.717, 1.165) is 37.1 Å². The SMILES string of the molecule is Cc1cscc1C(=O)N1CCCC1C1CCCN1. The minimum Gasteiger partial charge on any atom is -0.334 e. The van der Waals surface area contributed by atoms with Crippen LogP contribution in [-0.2, 0) is 0 Å². The van der Waals surface area contributed by atoms with Gasteiger partial charge in [0.1, 0.15) is 0 Å². The Labute approximate surface area is 112 Å². The van der Waals surface area contributed by atoms with Gasteiger partial charge in [-0.25, -0.2) is 0 Å². The van der Waals surface area contributed by atoms with Crippen LogP contribution in [0.2, 0.25) is 0 Å². The minimum absolute atomic E-state index is 0.241. The first kappa shape index (κ1) is 12.2. The Morgan fingerprint density at radius 2 is 2.28 bits per heavy atom. The number of aryl methyl sites for hydroxylation is 1. The first-order valence-corrected chi connectivity index (χ1v) is 7.79. The average Bonchev–Trinajstić information content (AvgIpc) is 3.09. The van der Waals surface area contributed by atoms with Crippen LogP contribution in [0.15, 0.2) is 10.8 Å². The van der Waals surface area contributed by atoms with Crippen molar-refractivity contribution in [1.29, 1.82) is 0 Å². The van der Waals surface area contributed by atoms with Crippen LogP contribution in [0.25, 0.3) is 0 Å². The summed E-state index contributed by atoms with van der Waals surface area (Å²) in [6.45, 7) is 4.07. The van der Waals surface area contributed by atoms with E-state index in [1.165, 1.54) is 12.8 Å². The van der Waals surface area contributed by atoms with Crippen molar-refractivity contribution in [2.24, 2.45) is 0 Å². The molecule has 1 N–H and O–H groups in total. The molecule has 2 aliphatic heterocycles. The molecule has 0 saturated carbocycles. The fourth-order valence-corrected chi connectivity index (χ4v) is 4.06. The number of carbonyl (C=O) groups is 1. The fraction of sp³-hybridized carbons (Fsp3) is 0.643. The van der Waals surface area contributed by atoms with Crippen LogP contribution < -0.4 is 5.32 Å². The summed E-state index contributed by atoms with van der Waals surface area (Å²) in [6, 6.07) is 0.940. The molecule has 0 bridgehead atoms. The zero-order valence-corrected chi connectivity index (χ0v) is 11.6. The summed E-state index contributed by atoms with van der Waals surface area (Å²) in [7, 11) is 0. The lowest BCUT2D eigenvalue weighted by Gasteiger charge is -2.29. The van der Waals surface area contributed by atoms with Crippen LogP contribution in [0.4, 0.5) is 0 Å². The molecule has 0 radical (unpaired) electrons. The van der Waals surface area contributed by atoms with Crippen LogP contribution >= 0.6 is 11.3 Å². The molecule has 1 aromatic heterocycles. The molecule has 1 aromatic rings. The summed E-state index contributed by atoms with van der Waals surface area (Å²) >= 11 is 1.62. The molecule has 18 heavy (non-hydrogen) atoms. The van der Waals surface area contributed by atoms with Gasteiger partial charge >= 0.3 is 0 Å². The second-order valence-corrected chi connectivity index (χ2v) is 6.12.